The zero-order chi connectivity index (χ0) is 13.9. The number of anilines is 1. The molecule has 0 aliphatic heterocycles. The highest BCUT2D eigenvalue weighted by atomic mass is 32.1. The Hall–Kier alpha value is -1.72. The molecule has 0 fully saturated rings. The SMILES string of the molecule is Fc1ccc(NCc2cc(-c3cccs3)cs2)c(F)c1. The Morgan fingerprint density at radius 1 is 1.05 bits per heavy atom. The fourth-order valence-electron chi connectivity index (χ4n) is 1.86. The number of halogens is 2. The fraction of sp³-hybridized carbons (Fsp3) is 0.0667. The van der Waals surface area contributed by atoms with Gasteiger partial charge in [0, 0.05) is 27.9 Å². The maximum Gasteiger partial charge on any atom is 0.149 e. The maximum absolute atomic E-state index is 13.5. The standard InChI is InChI=1S/C15H11F2NS2/c16-11-3-4-14(13(17)7-11)18-8-12-6-10(9-20-12)15-2-1-5-19-15/h1-7,9,18H,8H2. The molecule has 1 N–H and O–H groups in total. The Bertz CT molecular complexity index is 704. The summed E-state index contributed by atoms with van der Waals surface area (Å²) in [5.41, 5.74) is 1.50. The molecule has 0 saturated heterocycles. The highest BCUT2D eigenvalue weighted by Crippen LogP contribution is 2.29. The molecule has 0 spiro atoms. The van der Waals surface area contributed by atoms with E-state index in [9.17, 15) is 8.78 Å². The number of thiophene rings is 2. The number of rotatable bonds is 4. The highest BCUT2D eigenvalue weighted by Gasteiger charge is 2.06. The van der Waals surface area contributed by atoms with Gasteiger partial charge in [-0.1, -0.05) is 6.07 Å². The van der Waals surface area contributed by atoms with Gasteiger partial charge in [0.2, 0.25) is 0 Å². The third kappa shape index (κ3) is 2.89. The Morgan fingerprint density at radius 3 is 2.70 bits per heavy atom. The first-order chi connectivity index (χ1) is 9.72. The van der Waals surface area contributed by atoms with Crippen molar-refractivity contribution in [2.75, 3.05) is 5.32 Å². The average molecular weight is 307 g/mol. The first-order valence-electron chi connectivity index (χ1n) is 6.02. The summed E-state index contributed by atoms with van der Waals surface area (Å²) in [6.07, 6.45) is 0. The van der Waals surface area contributed by atoms with Crippen molar-refractivity contribution in [1.29, 1.82) is 0 Å². The molecule has 1 aromatic carbocycles. The second-order valence-corrected chi connectivity index (χ2v) is 6.20. The topological polar surface area (TPSA) is 12.0 Å². The van der Waals surface area contributed by atoms with Crippen molar-refractivity contribution >= 4 is 28.4 Å². The summed E-state index contributed by atoms with van der Waals surface area (Å²) in [6.45, 7) is 0.526. The van der Waals surface area contributed by atoms with Gasteiger partial charge in [0.1, 0.15) is 11.6 Å². The smallest absolute Gasteiger partial charge is 0.149 e. The monoisotopic (exact) mass is 307 g/mol. The van der Waals surface area contributed by atoms with Crippen molar-refractivity contribution in [2.24, 2.45) is 0 Å². The number of hydrogen-bond acceptors (Lipinski definition) is 3. The van der Waals surface area contributed by atoms with E-state index in [1.54, 1.807) is 22.7 Å². The van der Waals surface area contributed by atoms with Crippen LogP contribution in [-0.2, 0) is 6.54 Å². The molecule has 3 rings (SSSR count). The van der Waals surface area contributed by atoms with Crippen LogP contribution >= 0.6 is 22.7 Å². The van der Waals surface area contributed by atoms with Crippen molar-refractivity contribution in [2.45, 2.75) is 6.54 Å². The Balaban J connectivity index is 1.70. The van der Waals surface area contributed by atoms with Crippen LogP contribution in [0.3, 0.4) is 0 Å². The molecular formula is C15H11F2NS2. The van der Waals surface area contributed by atoms with Crippen LogP contribution in [0, 0.1) is 11.6 Å². The molecule has 0 amide bonds. The van der Waals surface area contributed by atoms with Gasteiger partial charge in [-0.2, -0.15) is 0 Å². The summed E-state index contributed by atoms with van der Waals surface area (Å²) in [7, 11) is 0. The molecule has 0 radical (unpaired) electrons. The normalized spacial score (nSPS) is 10.7. The van der Waals surface area contributed by atoms with Gasteiger partial charge < -0.3 is 5.32 Å². The second-order valence-electron chi connectivity index (χ2n) is 4.26. The van der Waals surface area contributed by atoms with Crippen LogP contribution in [0.5, 0.6) is 0 Å². The van der Waals surface area contributed by atoms with Gasteiger partial charge in [0.25, 0.3) is 0 Å². The van der Waals surface area contributed by atoms with Gasteiger partial charge >= 0.3 is 0 Å². The van der Waals surface area contributed by atoms with Crippen LogP contribution in [-0.4, -0.2) is 0 Å². The largest absolute Gasteiger partial charge is 0.378 e. The minimum atomic E-state index is -0.569. The average Bonchev–Trinajstić information content (AvgIpc) is 3.08. The van der Waals surface area contributed by atoms with E-state index in [2.05, 4.69) is 22.8 Å². The van der Waals surface area contributed by atoms with Gasteiger partial charge in [0.05, 0.1) is 5.69 Å². The van der Waals surface area contributed by atoms with Gasteiger partial charge in [-0.3, -0.25) is 0 Å². The van der Waals surface area contributed by atoms with Crippen molar-refractivity contribution in [1.82, 2.24) is 0 Å². The minimum Gasteiger partial charge on any atom is -0.378 e. The van der Waals surface area contributed by atoms with Crippen LogP contribution in [0.25, 0.3) is 10.4 Å². The lowest BCUT2D eigenvalue weighted by molar-refractivity contribution is 0.585. The Labute approximate surface area is 123 Å². The number of benzene rings is 1. The van der Waals surface area contributed by atoms with Gasteiger partial charge in [-0.15, -0.1) is 22.7 Å². The summed E-state index contributed by atoms with van der Waals surface area (Å²) >= 11 is 3.32. The summed E-state index contributed by atoms with van der Waals surface area (Å²) in [6, 6.07) is 9.72. The predicted molar refractivity (Wildman–Crippen MR) is 81.3 cm³/mol. The lowest BCUT2D eigenvalue weighted by Crippen LogP contribution is -2.00. The maximum atomic E-state index is 13.5. The number of nitrogens with one attached hydrogen (secondary N) is 1. The van der Waals surface area contributed by atoms with Gasteiger partial charge in [-0.05, 0) is 35.0 Å². The quantitative estimate of drug-likeness (QED) is 0.683. The number of hydrogen-bond donors (Lipinski definition) is 1. The molecule has 0 aliphatic carbocycles. The molecule has 0 atom stereocenters. The molecule has 0 aliphatic rings. The summed E-state index contributed by atoms with van der Waals surface area (Å²) in [4.78, 5) is 2.33. The van der Waals surface area contributed by atoms with Crippen molar-refractivity contribution < 1.29 is 8.78 Å². The zero-order valence-corrected chi connectivity index (χ0v) is 12.0. The highest BCUT2D eigenvalue weighted by molar-refractivity contribution is 7.14. The van der Waals surface area contributed by atoms with E-state index in [4.69, 9.17) is 0 Å². The lowest BCUT2D eigenvalue weighted by Gasteiger charge is -2.05. The lowest BCUT2D eigenvalue weighted by atomic mass is 10.2. The Morgan fingerprint density at radius 2 is 1.95 bits per heavy atom. The zero-order valence-electron chi connectivity index (χ0n) is 10.4. The van der Waals surface area contributed by atoms with E-state index < -0.39 is 11.6 Å². The molecule has 0 unspecified atom stereocenters. The van der Waals surface area contributed by atoms with Crippen molar-refractivity contribution in [3.8, 4) is 10.4 Å². The van der Waals surface area contributed by atoms with E-state index in [1.165, 1.54) is 22.6 Å². The van der Waals surface area contributed by atoms with Crippen LogP contribution in [0.2, 0.25) is 0 Å². The second kappa shape index (κ2) is 5.73. The molecule has 0 saturated carbocycles. The first-order valence-corrected chi connectivity index (χ1v) is 7.78. The van der Waals surface area contributed by atoms with E-state index >= 15 is 0 Å². The van der Waals surface area contributed by atoms with Crippen LogP contribution in [0.15, 0.2) is 47.2 Å². The first kappa shape index (κ1) is 13.3. The molecule has 2 heterocycles. The third-order valence-corrected chi connectivity index (χ3v) is 4.70. The molecule has 0 bridgehead atoms. The van der Waals surface area contributed by atoms with E-state index in [-0.39, 0.29) is 0 Å². The molecule has 1 nitrogen and oxygen atoms in total. The molecule has 102 valence electrons. The molecule has 3 aromatic rings. The van der Waals surface area contributed by atoms with Gasteiger partial charge in [0.15, 0.2) is 0 Å². The fourth-order valence-corrected chi connectivity index (χ4v) is 3.47. The van der Waals surface area contributed by atoms with E-state index in [1.807, 2.05) is 11.4 Å². The van der Waals surface area contributed by atoms with Crippen molar-refractivity contribution in [3.05, 3.63) is 63.7 Å². The molecule has 2 aromatic heterocycles. The summed E-state index contributed by atoms with van der Waals surface area (Å²) in [5.74, 6) is -1.14. The van der Waals surface area contributed by atoms with Crippen LogP contribution in [0.1, 0.15) is 4.88 Å². The third-order valence-electron chi connectivity index (χ3n) is 2.84. The van der Waals surface area contributed by atoms with Crippen LogP contribution in [0.4, 0.5) is 14.5 Å². The van der Waals surface area contributed by atoms with Crippen LogP contribution < -0.4 is 5.32 Å². The molecule has 5 heteroatoms. The van der Waals surface area contributed by atoms with Gasteiger partial charge in [-0.25, -0.2) is 8.78 Å². The predicted octanol–water partition coefficient (Wildman–Crippen LogP) is 5.37. The Kier molecular flexibility index (Phi) is 3.80. The summed E-state index contributed by atoms with van der Waals surface area (Å²) in [5, 5.41) is 7.11. The minimum absolute atomic E-state index is 0.317. The van der Waals surface area contributed by atoms with Crippen molar-refractivity contribution in [3.63, 3.8) is 0 Å². The van der Waals surface area contributed by atoms with E-state index in [0.29, 0.717) is 12.2 Å². The molecular weight excluding hydrogens is 296 g/mol. The molecule has 20 heavy (non-hydrogen) atoms. The summed E-state index contributed by atoms with van der Waals surface area (Å²) < 4.78 is 26.3. The van der Waals surface area contributed by atoms with E-state index in [0.717, 1.165) is 10.9 Å².